The molecule has 1 N–H and O–H groups in total. The minimum atomic E-state index is -0.665. The number of nitrogens with one attached hydrogen (secondary N) is 1. The molecule has 0 saturated heterocycles. The van der Waals surface area contributed by atoms with Crippen LogP contribution in [0.15, 0.2) is 52.1 Å². The fourth-order valence-electron chi connectivity index (χ4n) is 3.71. The molecule has 0 fully saturated rings. The van der Waals surface area contributed by atoms with Crippen LogP contribution in [0.1, 0.15) is 37.9 Å². The van der Waals surface area contributed by atoms with Crippen molar-refractivity contribution >= 4 is 27.8 Å². The highest BCUT2D eigenvalue weighted by molar-refractivity contribution is 9.10. The number of carbonyl (C=O) groups excluding carboxylic acids is 1. The van der Waals surface area contributed by atoms with E-state index in [1.165, 1.54) is 10.7 Å². The second kappa shape index (κ2) is 10.2. The largest absolute Gasteiger partial charge is 0.490 e. The molecule has 0 bridgehead atoms. The minimum absolute atomic E-state index is 0.0161. The Morgan fingerprint density at radius 1 is 1.21 bits per heavy atom. The summed E-state index contributed by atoms with van der Waals surface area (Å²) >= 11 is 3.55. The van der Waals surface area contributed by atoms with Gasteiger partial charge in [0.2, 0.25) is 5.95 Å². The van der Waals surface area contributed by atoms with Gasteiger partial charge in [0.1, 0.15) is 18.5 Å². The van der Waals surface area contributed by atoms with Crippen LogP contribution in [0.25, 0.3) is 0 Å². The Morgan fingerprint density at radius 2 is 2.00 bits per heavy atom. The van der Waals surface area contributed by atoms with Crippen molar-refractivity contribution in [3.05, 3.63) is 69.1 Å². The van der Waals surface area contributed by atoms with Gasteiger partial charge in [0.15, 0.2) is 11.5 Å². The molecular weight excluding hydrogens is 509 g/mol. The normalized spacial score (nSPS) is 14.9. The van der Waals surface area contributed by atoms with Crippen LogP contribution in [0, 0.1) is 5.82 Å². The maximum Gasteiger partial charge on any atom is 0.338 e. The van der Waals surface area contributed by atoms with E-state index >= 15 is 0 Å². The van der Waals surface area contributed by atoms with Crippen LogP contribution < -0.4 is 14.8 Å². The molecule has 0 radical (unpaired) electrons. The molecule has 1 aliphatic heterocycles. The van der Waals surface area contributed by atoms with Gasteiger partial charge in [0.05, 0.1) is 23.3 Å². The molecule has 0 spiro atoms. The quantitative estimate of drug-likeness (QED) is 0.426. The number of hydrogen-bond acceptors (Lipinski definition) is 8. The van der Waals surface area contributed by atoms with Crippen LogP contribution >= 0.6 is 15.9 Å². The van der Waals surface area contributed by atoms with Crippen LogP contribution in [0.5, 0.6) is 11.5 Å². The van der Waals surface area contributed by atoms with E-state index in [0.717, 1.165) is 0 Å². The average molecular weight is 532 g/mol. The molecule has 0 saturated carbocycles. The maximum atomic E-state index is 14.1. The zero-order valence-corrected chi connectivity index (χ0v) is 20.4. The average Bonchev–Trinajstić information content (AvgIpc) is 3.26. The lowest BCUT2D eigenvalue weighted by atomic mass is 9.95. The summed E-state index contributed by atoms with van der Waals surface area (Å²) in [4.78, 5) is 12.9. The van der Waals surface area contributed by atoms with Gasteiger partial charge in [0, 0.05) is 11.3 Å². The molecule has 1 aromatic heterocycles. The lowest BCUT2D eigenvalue weighted by Gasteiger charge is -2.28. The Kier molecular flexibility index (Phi) is 7.11. The summed E-state index contributed by atoms with van der Waals surface area (Å²) < 4.78 is 33.3. The first-order chi connectivity index (χ1) is 16.4. The topological polar surface area (TPSA) is 100 Å². The number of anilines is 1. The smallest absolute Gasteiger partial charge is 0.338 e. The highest BCUT2D eigenvalue weighted by atomic mass is 79.9. The van der Waals surface area contributed by atoms with Gasteiger partial charge in [-0.3, -0.25) is 0 Å². The van der Waals surface area contributed by atoms with E-state index in [0.29, 0.717) is 50.9 Å². The van der Waals surface area contributed by atoms with Gasteiger partial charge in [-0.15, -0.1) is 0 Å². The third-order valence-corrected chi connectivity index (χ3v) is 5.78. The first-order valence-corrected chi connectivity index (χ1v) is 11.5. The predicted octanol–water partition coefficient (Wildman–Crippen LogP) is 4.40. The molecule has 1 unspecified atom stereocenters. The number of tetrazole rings is 1. The molecule has 4 rings (SSSR count). The molecule has 2 aromatic carbocycles. The summed E-state index contributed by atoms with van der Waals surface area (Å²) in [6.45, 7) is 5.96. The van der Waals surface area contributed by atoms with E-state index in [4.69, 9.17) is 14.2 Å². The number of carbonyl (C=O) groups is 1. The summed E-state index contributed by atoms with van der Waals surface area (Å²) in [6.07, 6.45) is 0. The van der Waals surface area contributed by atoms with E-state index in [1.54, 1.807) is 44.2 Å². The number of aromatic nitrogens is 4. The molecule has 34 heavy (non-hydrogen) atoms. The summed E-state index contributed by atoms with van der Waals surface area (Å²) in [7, 11) is 0. The number of nitrogens with zero attached hydrogens (tertiary/aromatic N) is 4. The monoisotopic (exact) mass is 531 g/mol. The van der Waals surface area contributed by atoms with Crippen LogP contribution in [-0.2, 0) is 16.1 Å². The van der Waals surface area contributed by atoms with Gasteiger partial charge in [-0.2, -0.15) is 4.68 Å². The van der Waals surface area contributed by atoms with Crippen molar-refractivity contribution in [2.75, 3.05) is 18.5 Å². The van der Waals surface area contributed by atoms with Gasteiger partial charge >= 0.3 is 5.97 Å². The van der Waals surface area contributed by atoms with E-state index in [-0.39, 0.29) is 19.0 Å². The standard InChI is InChI=1S/C23H23BrFN5O4/c1-4-32-18-11-15(10-16(24)21(18)34-12-14-8-6-7-9-17(14)25)20-19(22(31)33-5-2)13(3)26-23-27-28-29-30(20)23/h6-11,20H,4-5,12H2,1-3H3,(H,26,27,29). The van der Waals surface area contributed by atoms with Gasteiger partial charge < -0.3 is 19.5 Å². The molecule has 0 amide bonds. The van der Waals surface area contributed by atoms with Crippen LogP contribution in [0.4, 0.5) is 10.3 Å². The highest BCUT2D eigenvalue weighted by Crippen LogP contribution is 2.43. The summed E-state index contributed by atoms with van der Waals surface area (Å²) in [5.41, 5.74) is 2.04. The van der Waals surface area contributed by atoms with Gasteiger partial charge in [-0.05, 0) is 70.9 Å². The SMILES string of the molecule is CCOC(=O)C1=C(C)Nc2nnnn2C1c1cc(Br)c(OCc2ccccc2F)c(OCC)c1. The molecule has 3 aromatic rings. The second-order valence-electron chi connectivity index (χ2n) is 7.38. The van der Waals surface area contributed by atoms with Crippen molar-refractivity contribution in [3.63, 3.8) is 0 Å². The summed E-state index contributed by atoms with van der Waals surface area (Å²) in [5, 5.41) is 14.9. The van der Waals surface area contributed by atoms with Gasteiger partial charge in [-0.1, -0.05) is 23.3 Å². The predicted molar refractivity (Wildman–Crippen MR) is 125 cm³/mol. The van der Waals surface area contributed by atoms with Crippen molar-refractivity contribution in [2.24, 2.45) is 0 Å². The Bertz CT molecular complexity index is 1250. The molecular formula is C23H23BrFN5O4. The molecule has 1 atom stereocenters. The number of ether oxygens (including phenoxy) is 3. The molecule has 178 valence electrons. The van der Waals surface area contributed by atoms with Crippen molar-refractivity contribution in [2.45, 2.75) is 33.4 Å². The number of rotatable bonds is 8. The van der Waals surface area contributed by atoms with E-state index in [9.17, 15) is 9.18 Å². The number of hydrogen-bond donors (Lipinski definition) is 1. The molecule has 9 nitrogen and oxygen atoms in total. The molecule has 0 aliphatic carbocycles. The third-order valence-electron chi connectivity index (χ3n) is 5.19. The minimum Gasteiger partial charge on any atom is -0.490 e. The zero-order chi connectivity index (χ0) is 24.2. The van der Waals surface area contributed by atoms with Crippen molar-refractivity contribution < 1.29 is 23.4 Å². The van der Waals surface area contributed by atoms with Crippen LogP contribution in [0.3, 0.4) is 0 Å². The number of fused-ring (bicyclic) bond motifs is 1. The molecule has 1 aliphatic rings. The zero-order valence-electron chi connectivity index (χ0n) is 18.8. The maximum absolute atomic E-state index is 14.1. The molecule has 2 heterocycles. The first-order valence-electron chi connectivity index (χ1n) is 10.7. The van der Waals surface area contributed by atoms with E-state index in [1.807, 2.05) is 6.92 Å². The van der Waals surface area contributed by atoms with Gasteiger partial charge in [0.25, 0.3) is 0 Å². The number of halogens is 2. The Hall–Kier alpha value is -3.47. The summed E-state index contributed by atoms with van der Waals surface area (Å²) in [5.74, 6) is 0.404. The van der Waals surface area contributed by atoms with Crippen LogP contribution in [-0.4, -0.2) is 39.4 Å². The Labute approximate surface area is 204 Å². The fourth-order valence-corrected chi connectivity index (χ4v) is 4.28. The molecule has 11 heteroatoms. The first kappa shape index (κ1) is 23.7. The van der Waals surface area contributed by atoms with E-state index in [2.05, 4.69) is 36.8 Å². The number of benzene rings is 2. The number of allylic oxidation sites excluding steroid dienone is 1. The third kappa shape index (κ3) is 4.60. The Balaban J connectivity index is 1.76. The lowest BCUT2D eigenvalue weighted by Crippen LogP contribution is -2.29. The van der Waals surface area contributed by atoms with Gasteiger partial charge in [-0.25, -0.2) is 9.18 Å². The van der Waals surface area contributed by atoms with Crippen LogP contribution in [0.2, 0.25) is 0 Å². The van der Waals surface area contributed by atoms with Crippen molar-refractivity contribution in [1.29, 1.82) is 0 Å². The van der Waals surface area contributed by atoms with E-state index < -0.39 is 12.0 Å². The number of esters is 1. The second-order valence-corrected chi connectivity index (χ2v) is 8.23. The fraction of sp³-hybridized carbons (Fsp3) is 0.304. The highest BCUT2D eigenvalue weighted by Gasteiger charge is 2.36. The Morgan fingerprint density at radius 3 is 2.74 bits per heavy atom. The lowest BCUT2D eigenvalue weighted by molar-refractivity contribution is -0.139. The summed E-state index contributed by atoms with van der Waals surface area (Å²) in [6, 6.07) is 9.30. The van der Waals surface area contributed by atoms with Crippen molar-refractivity contribution in [1.82, 2.24) is 20.2 Å². The van der Waals surface area contributed by atoms with Crippen molar-refractivity contribution in [3.8, 4) is 11.5 Å².